The van der Waals surface area contributed by atoms with Crippen LogP contribution in [0.1, 0.15) is 25.8 Å². The SMILES string of the molecule is CCCS(=O)(=O)Nc1ccc(Nc2ccccc2CC)nc1. The zero-order chi connectivity index (χ0) is 16.0. The van der Waals surface area contributed by atoms with Gasteiger partial charge < -0.3 is 5.32 Å². The summed E-state index contributed by atoms with van der Waals surface area (Å²) in [5.41, 5.74) is 2.69. The van der Waals surface area contributed by atoms with Crippen molar-refractivity contribution in [2.45, 2.75) is 26.7 Å². The van der Waals surface area contributed by atoms with Crippen molar-refractivity contribution in [2.24, 2.45) is 0 Å². The van der Waals surface area contributed by atoms with Gasteiger partial charge in [-0.25, -0.2) is 13.4 Å². The number of hydrogen-bond donors (Lipinski definition) is 2. The van der Waals surface area contributed by atoms with Crippen molar-refractivity contribution in [2.75, 3.05) is 15.8 Å². The van der Waals surface area contributed by atoms with Crippen molar-refractivity contribution >= 4 is 27.2 Å². The van der Waals surface area contributed by atoms with Crippen LogP contribution in [0.2, 0.25) is 0 Å². The van der Waals surface area contributed by atoms with Gasteiger partial charge in [0.1, 0.15) is 5.82 Å². The quantitative estimate of drug-likeness (QED) is 0.819. The number of hydrogen-bond acceptors (Lipinski definition) is 4. The molecule has 0 aliphatic rings. The van der Waals surface area contributed by atoms with Crippen LogP contribution in [0.25, 0.3) is 0 Å². The third-order valence-corrected chi connectivity index (χ3v) is 4.66. The van der Waals surface area contributed by atoms with E-state index >= 15 is 0 Å². The first-order valence-corrected chi connectivity index (χ1v) is 9.00. The van der Waals surface area contributed by atoms with Crippen LogP contribution < -0.4 is 10.0 Å². The van der Waals surface area contributed by atoms with Gasteiger partial charge in [0.2, 0.25) is 10.0 Å². The fourth-order valence-electron chi connectivity index (χ4n) is 2.12. The molecule has 0 amide bonds. The normalized spacial score (nSPS) is 11.2. The first-order chi connectivity index (χ1) is 10.5. The number of aromatic nitrogens is 1. The molecule has 0 radical (unpaired) electrons. The third-order valence-electron chi connectivity index (χ3n) is 3.17. The topological polar surface area (TPSA) is 71.1 Å². The zero-order valence-corrected chi connectivity index (χ0v) is 13.7. The maximum atomic E-state index is 11.7. The van der Waals surface area contributed by atoms with Gasteiger partial charge in [0.05, 0.1) is 17.6 Å². The number of para-hydroxylation sites is 1. The highest BCUT2D eigenvalue weighted by Crippen LogP contribution is 2.21. The number of nitrogens with zero attached hydrogens (tertiary/aromatic N) is 1. The van der Waals surface area contributed by atoms with Gasteiger partial charge >= 0.3 is 0 Å². The van der Waals surface area contributed by atoms with Crippen molar-refractivity contribution in [3.63, 3.8) is 0 Å². The first-order valence-electron chi connectivity index (χ1n) is 7.35. The summed E-state index contributed by atoms with van der Waals surface area (Å²) in [7, 11) is -3.28. The van der Waals surface area contributed by atoms with E-state index < -0.39 is 10.0 Å². The molecule has 0 unspecified atom stereocenters. The lowest BCUT2D eigenvalue weighted by atomic mass is 10.1. The van der Waals surface area contributed by atoms with Crippen LogP contribution in [-0.4, -0.2) is 19.2 Å². The molecule has 1 aromatic carbocycles. The van der Waals surface area contributed by atoms with Crippen LogP contribution in [0.4, 0.5) is 17.2 Å². The molecule has 22 heavy (non-hydrogen) atoms. The van der Waals surface area contributed by atoms with Crippen LogP contribution in [0, 0.1) is 0 Å². The number of aryl methyl sites for hydroxylation is 1. The molecule has 0 saturated carbocycles. The van der Waals surface area contributed by atoms with E-state index in [-0.39, 0.29) is 5.75 Å². The average molecular weight is 319 g/mol. The average Bonchev–Trinajstić information content (AvgIpc) is 2.49. The first kappa shape index (κ1) is 16.3. The summed E-state index contributed by atoms with van der Waals surface area (Å²) in [5.74, 6) is 0.788. The van der Waals surface area contributed by atoms with Gasteiger partial charge in [0, 0.05) is 5.69 Å². The predicted octanol–water partition coefficient (Wildman–Crippen LogP) is 3.54. The number of pyridine rings is 1. The summed E-state index contributed by atoms with van der Waals surface area (Å²) in [6, 6.07) is 11.5. The molecule has 118 valence electrons. The number of sulfonamides is 1. The van der Waals surface area contributed by atoms with Gasteiger partial charge in [-0.05, 0) is 36.6 Å². The molecule has 1 aromatic heterocycles. The molecular weight excluding hydrogens is 298 g/mol. The van der Waals surface area contributed by atoms with Crippen molar-refractivity contribution in [3.05, 3.63) is 48.2 Å². The van der Waals surface area contributed by atoms with Gasteiger partial charge in [0.25, 0.3) is 0 Å². The molecule has 0 fully saturated rings. The molecule has 0 saturated heterocycles. The maximum Gasteiger partial charge on any atom is 0.232 e. The summed E-state index contributed by atoms with van der Waals surface area (Å²) in [5, 5.41) is 3.25. The smallest absolute Gasteiger partial charge is 0.232 e. The lowest BCUT2D eigenvalue weighted by molar-refractivity contribution is 0.600. The summed E-state index contributed by atoms with van der Waals surface area (Å²) >= 11 is 0. The van der Waals surface area contributed by atoms with Crippen molar-refractivity contribution in [1.82, 2.24) is 4.98 Å². The summed E-state index contributed by atoms with van der Waals surface area (Å²) in [4.78, 5) is 4.26. The molecule has 5 nitrogen and oxygen atoms in total. The molecule has 0 spiro atoms. The van der Waals surface area contributed by atoms with Crippen LogP contribution in [0.15, 0.2) is 42.6 Å². The number of rotatable bonds is 7. The highest BCUT2D eigenvalue weighted by molar-refractivity contribution is 7.92. The fourth-order valence-corrected chi connectivity index (χ4v) is 3.24. The minimum absolute atomic E-state index is 0.108. The van der Waals surface area contributed by atoms with Gasteiger partial charge in [-0.1, -0.05) is 32.0 Å². The van der Waals surface area contributed by atoms with E-state index in [9.17, 15) is 8.42 Å². The van der Waals surface area contributed by atoms with E-state index in [0.717, 1.165) is 12.1 Å². The Morgan fingerprint density at radius 1 is 1.09 bits per heavy atom. The second kappa shape index (κ2) is 7.26. The summed E-state index contributed by atoms with van der Waals surface area (Å²) in [6.07, 6.45) is 3.03. The van der Waals surface area contributed by atoms with Crippen LogP contribution in [0.5, 0.6) is 0 Å². The molecule has 0 aliphatic carbocycles. The van der Waals surface area contributed by atoms with Gasteiger partial charge in [-0.15, -0.1) is 0 Å². The van der Waals surface area contributed by atoms with E-state index in [2.05, 4.69) is 28.0 Å². The third kappa shape index (κ3) is 4.46. The van der Waals surface area contributed by atoms with E-state index in [1.807, 2.05) is 25.1 Å². The zero-order valence-electron chi connectivity index (χ0n) is 12.8. The van der Waals surface area contributed by atoms with E-state index in [0.29, 0.717) is 17.9 Å². The van der Waals surface area contributed by atoms with E-state index in [4.69, 9.17) is 0 Å². The van der Waals surface area contributed by atoms with Crippen LogP contribution >= 0.6 is 0 Å². The highest BCUT2D eigenvalue weighted by Gasteiger charge is 2.09. The van der Waals surface area contributed by atoms with Crippen LogP contribution in [-0.2, 0) is 16.4 Å². The van der Waals surface area contributed by atoms with Gasteiger partial charge in [-0.2, -0.15) is 0 Å². The molecule has 2 N–H and O–H groups in total. The molecule has 6 heteroatoms. The van der Waals surface area contributed by atoms with Crippen molar-refractivity contribution in [1.29, 1.82) is 0 Å². The van der Waals surface area contributed by atoms with E-state index in [1.54, 1.807) is 12.1 Å². The minimum atomic E-state index is -3.28. The van der Waals surface area contributed by atoms with Crippen molar-refractivity contribution in [3.8, 4) is 0 Å². The highest BCUT2D eigenvalue weighted by atomic mass is 32.2. The Morgan fingerprint density at radius 3 is 2.50 bits per heavy atom. The second-order valence-corrected chi connectivity index (χ2v) is 6.83. The molecule has 1 heterocycles. The monoisotopic (exact) mass is 319 g/mol. The Morgan fingerprint density at radius 2 is 1.86 bits per heavy atom. The lowest BCUT2D eigenvalue weighted by Crippen LogP contribution is -2.16. The summed E-state index contributed by atoms with van der Waals surface area (Å²) < 4.78 is 25.9. The minimum Gasteiger partial charge on any atom is -0.340 e. The molecule has 2 aromatic rings. The Kier molecular flexibility index (Phi) is 5.38. The Hall–Kier alpha value is -2.08. The van der Waals surface area contributed by atoms with Gasteiger partial charge in [-0.3, -0.25) is 4.72 Å². The molecular formula is C16H21N3O2S. The Labute approximate surface area is 131 Å². The number of nitrogens with one attached hydrogen (secondary N) is 2. The van der Waals surface area contributed by atoms with Crippen molar-refractivity contribution < 1.29 is 8.42 Å². The molecule has 0 atom stereocenters. The Balaban J connectivity index is 2.09. The lowest BCUT2D eigenvalue weighted by Gasteiger charge is -2.11. The van der Waals surface area contributed by atoms with E-state index in [1.165, 1.54) is 11.8 Å². The number of benzene rings is 1. The molecule has 0 bridgehead atoms. The largest absolute Gasteiger partial charge is 0.340 e. The Bertz CT molecular complexity index is 712. The fraction of sp³-hybridized carbons (Fsp3) is 0.312. The standard InChI is InChI=1S/C16H21N3O2S/c1-3-11-22(20,21)19-14-9-10-16(17-12-14)18-15-8-6-5-7-13(15)4-2/h5-10,12,19H,3-4,11H2,1-2H3,(H,17,18). The maximum absolute atomic E-state index is 11.7. The summed E-state index contributed by atoms with van der Waals surface area (Å²) in [6.45, 7) is 3.93. The molecule has 0 aliphatic heterocycles. The molecule has 2 rings (SSSR count). The second-order valence-electron chi connectivity index (χ2n) is 4.99. The predicted molar refractivity (Wildman–Crippen MR) is 91.0 cm³/mol. The van der Waals surface area contributed by atoms with Gasteiger partial charge in [0.15, 0.2) is 0 Å². The van der Waals surface area contributed by atoms with Crippen LogP contribution in [0.3, 0.4) is 0 Å². The number of anilines is 3.